The third-order valence-corrected chi connectivity index (χ3v) is 3.21. The summed E-state index contributed by atoms with van der Waals surface area (Å²) >= 11 is 4.97. The smallest absolute Gasteiger partial charge is 0.0870 e. The van der Waals surface area contributed by atoms with Gasteiger partial charge in [-0.05, 0) is 40.5 Å². The molecule has 0 aliphatic carbocycles. The van der Waals surface area contributed by atoms with E-state index in [1.54, 1.807) is 0 Å². The first-order valence-corrected chi connectivity index (χ1v) is 6.41. The van der Waals surface area contributed by atoms with Gasteiger partial charge >= 0.3 is 0 Å². The average molecular weight is 244 g/mol. The van der Waals surface area contributed by atoms with E-state index in [4.69, 9.17) is 22.7 Å². The van der Waals surface area contributed by atoms with Gasteiger partial charge in [0.2, 0.25) is 0 Å². The highest BCUT2D eigenvalue weighted by Gasteiger charge is 2.32. The van der Waals surface area contributed by atoms with Crippen molar-refractivity contribution in [2.24, 2.45) is 5.73 Å². The molecule has 94 valence electrons. The van der Waals surface area contributed by atoms with Gasteiger partial charge in [-0.2, -0.15) is 0 Å². The van der Waals surface area contributed by atoms with E-state index in [9.17, 15) is 0 Å². The van der Waals surface area contributed by atoms with Crippen LogP contribution in [0.3, 0.4) is 0 Å². The Labute approximate surface area is 104 Å². The number of nitrogens with two attached hydrogens (primary N) is 1. The molecule has 0 aromatic carbocycles. The Morgan fingerprint density at radius 3 is 2.56 bits per heavy atom. The summed E-state index contributed by atoms with van der Waals surface area (Å²) in [4.78, 5) is 2.85. The Kier molecular flexibility index (Phi) is 4.71. The van der Waals surface area contributed by atoms with Crippen molar-refractivity contribution in [3.63, 3.8) is 0 Å². The van der Waals surface area contributed by atoms with Crippen molar-refractivity contribution < 1.29 is 4.74 Å². The highest BCUT2D eigenvalue weighted by molar-refractivity contribution is 7.80. The molecular weight excluding hydrogens is 220 g/mol. The molecule has 0 radical (unpaired) electrons. The minimum atomic E-state index is 0.0382. The fourth-order valence-electron chi connectivity index (χ4n) is 2.13. The van der Waals surface area contributed by atoms with Crippen molar-refractivity contribution in [1.82, 2.24) is 4.90 Å². The summed E-state index contributed by atoms with van der Waals surface area (Å²) in [5.41, 5.74) is 5.65. The predicted octanol–water partition coefficient (Wildman–Crippen LogP) is 1.94. The van der Waals surface area contributed by atoms with Crippen molar-refractivity contribution in [3.05, 3.63) is 0 Å². The second-order valence-electron chi connectivity index (χ2n) is 5.53. The second kappa shape index (κ2) is 5.43. The van der Waals surface area contributed by atoms with Crippen LogP contribution in [0.15, 0.2) is 0 Å². The van der Waals surface area contributed by atoms with Gasteiger partial charge in [-0.15, -0.1) is 0 Å². The zero-order chi connectivity index (χ0) is 12.3. The molecule has 1 aliphatic rings. The summed E-state index contributed by atoms with van der Waals surface area (Å²) in [6.45, 7) is 10.3. The zero-order valence-corrected chi connectivity index (χ0v) is 11.6. The van der Waals surface area contributed by atoms with Crippen LogP contribution in [0.5, 0.6) is 0 Å². The van der Waals surface area contributed by atoms with E-state index >= 15 is 0 Å². The molecule has 0 bridgehead atoms. The van der Waals surface area contributed by atoms with E-state index in [-0.39, 0.29) is 5.60 Å². The predicted molar refractivity (Wildman–Crippen MR) is 71.7 cm³/mol. The van der Waals surface area contributed by atoms with E-state index in [1.807, 2.05) is 0 Å². The SMILES string of the molecule is CC(C)N(CC(N)=S)CC1CCC(C)(C)O1. The summed E-state index contributed by atoms with van der Waals surface area (Å²) in [7, 11) is 0. The maximum atomic E-state index is 5.99. The molecule has 2 N–H and O–H groups in total. The number of thiocarbonyl (C=S) groups is 1. The molecule has 1 atom stereocenters. The summed E-state index contributed by atoms with van der Waals surface area (Å²) in [5.74, 6) is 0. The third kappa shape index (κ3) is 4.36. The molecule has 3 nitrogen and oxygen atoms in total. The molecule has 1 unspecified atom stereocenters. The van der Waals surface area contributed by atoms with Crippen molar-refractivity contribution in [3.8, 4) is 0 Å². The van der Waals surface area contributed by atoms with Crippen LogP contribution in [0.25, 0.3) is 0 Å². The minimum Gasteiger partial charge on any atom is -0.392 e. The quantitative estimate of drug-likeness (QED) is 0.750. The van der Waals surface area contributed by atoms with Gasteiger partial charge in [-0.3, -0.25) is 4.90 Å². The lowest BCUT2D eigenvalue weighted by Crippen LogP contribution is -2.42. The highest BCUT2D eigenvalue weighted by atomic mass is 32.1. The van der Waals surface area contributed by atoms with Gasteiger partial charge in [0.25, 0.3) is 0 Å². The molecule has 0 spiro atoms. The molecule has 1 aliphatic heterocycles. The van der Waals surface area contributed by atoms with E-state index in [0.717, 1.165) is 19.4 Å². The number of rotatable bonds is 5. The Hall–Kier alpha value is -0.190. The molecule has 0 saturated carbocycles. The molecule has 0 aromatic heterocycles. The van der Waals surface area contributed by atoms with Crippen LogP contribution in [-0.4, -0.2) is 40.7 Å². The molecule has 1 saturated heterocycles. The number of hydrogen-bond acceptors (Lipinski definition) is 3. The van der Waals surface area contributed by atoms with E-state index < -0.39 is 0 Å². The minimum absolute atomic E-state index is 0.0382. The lowest BCUT2D eigenvalue weighted by atomic mass is 10.1. The monoisotopic (exact) mass is 244 g/mol. The summed E-state index contributed by atoms with van der Waals surface area (Å²) in [6, 6.07) is 0.453. The van der Waals surface area contributed by atoms with Gasteiger partial charge in [0.05, 0.1) is 16.7 Å². The van der Waals surface area contributed by atoms with Crippen LogP contribution >= 0.6 is 12.2 Å². The van der Waals surface area contributed by atoms with Crippen LogP contribution < -0.4 is 5.73 Å². The Morgan fingerprint density at radius 1 is 1.56 bits per heavy atom. The first-order chi connectivity index (χ1) is 7.30. The zero-order valence-electron chi connectivity index (χ0n) is 10.8. The average Bonchev–Trinajstić information content (AvgIpc) is 2.43. The molecule has 0 aromatic rings. The first-order valence-electron chi connectivity index (χ1n) is 6.00. The summed E-state index contributed by atoms with van der Waals surface area (Å²) in [5, 5.41) is 0. The fraction of sp³-hybridized carbons (Fsp3) is 0.917. The van der Waals surface area contributed by atoms with Crippen LogP contribution in [0.1, 0.15) is 40.5 Å². The molecule has 0 amide bonds. The molecular formula is C12H24N2OS. The van der Waals surface area contributed by atoms with Crippen LogP contribution in [-0.2, 0) is 4.74 Å². The standard InChI is InChI=1S/C12H24N2OS/c1-9(2)14(8-11(13)16)7-10-5-6-12(3,4)15-10/h9-10H,5-8H2,1-4H3,(H2,13,16). The maximum absolute atomic E-state index is 5.99. The molecule has 1 fully saturated rings. The Balaban J connectivity index is 2.47. The van der Waals surface area contributed by atoms with Crippen LogP contribution in [0.2, 0.25) is 0 Å². The number of hydrogen-bond donors (Lipinski definition) is 1. The van der Waals surface area contributed by atoms with E-state index in [2.05, 4.69) is 32.6 Å². The normalized spacial score (nSPS) is 24.2. The lowest BCUT2D eigenvalue weighted by Gasteiger charge is -2.29. The van der Waals surface area contributed by atoms with Gasteiger partial charge in [-0.25, -0.2) is 0 Å². The van der Waals surface area contributed by atoms with Gasteiger partial charge in [-0.1, -0.05) is 12.2 Å². The van der Waals surface area contributed by atoms with Crippen molar-refractivity contribution in [1.29, 1.82) is 0 Å². The summed E-state index contributed by atoms with van der Waals surface area (Å²) < 4.78 is 5.99. The largest absolute Gasteiger partial charge is 0.392 e. The fourth-order valence-corrected chi connectivity index (χ4v) is 2.29. The number of nitrogens with zero attached hydrogens (tertiary/aromatic N) is 1. The topological polar surface area (TPSA) is 38.5 Å². The maximum Gasteiger partial charge on any atom is 0.0870 e. The van der Waals surface area contributed by atoms with E-state index in [0.29, 0.717) is 23.7 Å². The molecule has 16 heavy (non-hydrogen) atoms. The van der Waals surface area contributed by atoms with Gasteiger partial charge in [0, 0.05) is 19.1 Å². The molecule has 1 rings (SSSR count). The third-order valence-electron chi connectivity index (χ3n) is 3.08. The molecule has 1 heterocycles. The molecule has 4 heteroatoms. The van der Waals surface area contributed by atoms with E-state index in [1.165, 1.54) is 0 Å². The summed E-state index contributed by atoms with van der Waals surface area (Å²) in [6.07, 6.45) is 2.59. The second-order valence-corrected chi connectivity index (χ2v) is 6.05. The Morgan fingerprint density at radius 2 is 2.19 bits per heavy atom. The lowest BCUT2D eigenvalue weighted by molar-refractivity contribution is -0.0301. The van der Waals surface area contributed by atoms with Crippen molar-refractivity contribution in [2.75, 3.05) is 13.1 Å². The van der Waals surface area contributed by atoms with Gasteiger partial charge in [0.15, 0.2) is 0 Å². The number of ether oxygens (including phenoxy) is 1. The van der Waals surface area contributed by atoms with Gasteiger partial charge < -0.3 is 10.5 Å². The highest BCUT2D eigenvalue weighted by Crippen LogP contribution is 2.29. The van der Waals surface area contributed by atoms with Gasteiger partial charge in [0.1, 0.15) is 0 Å². The Bertz CT molecular complexity index is 253. The van der Waals surface area contributed by atoms with Crippen molar-refractivity contribution >= 4 is 17.2 Å². The first kappa shape index (κ1) is 13.9. The van der Waals surface area contributed by atoms with Crippen LogP contribution in [0, 0.1) is 0 Å². The van der Waals surface area contributed by atoms with Crippen molar-refractivity contribution in [2.45, 2.75) is 58.3 Å². The van der Waals surface area contributed by atoms with Crippen LogP contribution in [0.4, 0.5) is 0 Å².